The first-order chi connectivity index (χ1) is 10.7. The number of benzene rings is 1. The first-order valence-electron chi connectivity index (χ1n) is 7.72. The lowest BCUT2D eigenvalue weighted by molar-refractivity contribution is -0.134. The molecule has 0 saturated carbocycles. The fraction of sp³-hybridized carbons (Fsp3) is 0.562. The zero-order chi connectivity index (χ0) is 15.4. The maximum absolute atomic E-state index is 13.3. The number of halogens is 1. The van der Waals surface area contributed by atoms with Crippen molar-refractivity contribution in [3.63, 3.8) is 0 Å². The number of nitrogens with zero attached hydrogens (tertiary/aromatic N) is 1. The summed E-state index contributed by atoms with van der Waals surface area (Å²) in [5, 5.41) is 3.03. The molecule has 1 N–H and O–H groups in total. The van der Waals surface area contributed by atoms with E-state index in [-0.39, 0.29) is 17.8 Å². The van der Waals surface area contributed by atoms with Gasteiger partial charge in [0.1, 0.15) is 5.82 Å². The van der Waals surface area contributed by atoms with Crippen molar-refractivity contribution in [3.05, 3.63) is 30.1 Å². The summed E-state index contributed by atoms with van der Waals surface area (Å²) >= 11 is 0. The first-order valence-corrected chi connectivity index (χ1v) is 7.72. The summed E-state index contributed by atoms with van der Waals surface area (Å²) in [6.07, 6.45) is 1.16. The Balaban J connectivity index is 1.58. The Morgan fingerprint density at radius 1 is 1.27 bits per heavy atom. The number of amides is 1. The Bertz CT molecular complexity index is 520. The Hall–Kier alpha value is -1.66. The maximum Gasteiger partial charge on any atom is 0.251 e. The van der Waals surface area contributed by atoms with Crippen molar-refractivity contribution < 1.29 is 18.7 Å². The van der Waals surface area contributed by atoms with Crippen LogP contribution in [-0.4, -0.2) is 51.0 Å². The monoisotopic (exact) mass is 308 g/mol. The minimum absolute atomic E-state index is 0.0898. The van der Waals surface area contributed by atoms with Crippen LogP contribution in [0.5, 0.6) is 0 Å². The number of hydrogen-bond donors (Lipinski definition) is 1. The lowest BCUT2D eigenvalue weighted by atomic mass is 10.1. The maximum atomic E-state index is 13.3. The summed E-state index contributed by atoms with van der Waals surface area (Å²) < 4.78 is 24.2. The highest BCUT2D eigenvalue weighted by Gasteiger charge is 2.28. The van der Waals surface area contributed by atoms with Gasteiger partial charge in [-0.2, -0.15) is 0 Å². The predicted octanol–water partition coefficient (Wildman–Crippen LogP) is 1.33. The van der Waals surface area contributed by atoms with Gasteiger partial charge in [-0.05, 0) is 31.0 Å². The molecule has 2 aliphatic rings. The lowest BCUT2D eigenvalue weighted by Crippen LogP contribution is -2.52. The smallest absolute Gasteiger partial charge is 0.251 e. The summed E-state index contributed by atoms with van der Waals surface area (Å²) in [5.74, 6) is -0.361. The molecule has 6 heteroatoms. The van der Waals surface area contributed by atoms with Crippen LogP contribution in [0.2, 0.25) is 0 Å². The summed E-state index contributed by atoms with van der Waals surface area (Å²) in [7, 11) is 0. The normalized spacial score (nSPS) is 23.3. The molecule has 2 aliphatic heterocycles. The molecule has 0 spiro atoms. The number of ether oxygens (including phenoxy) is 2. The Labute approximate surface area is 129 Å². The molecular formula is C16H21FN2O3. The third-order valence-electron chi connectivity index (χ3n) is 4.10. The highest BCUT2D eigenvalue weighted by Crippen LogP contribution is 2.19. The highest BCUT2D eigenvalue weighted by molar-refractivity contribution is 5.82. The van der Waals surface area contributed by atoms with Crippen molar-refractivity contribution in [3.8, 4) is 0 Å². The number of carbonyl (C=O) groups is 1. The van der Waals surface area contributed by atoms with E-state index in [1.165, 1.54) is 12.1 Å². The van der Waals surface area contributed by atoms with Crippen LogP contribution < -0.4 is 10.2 Å². The van der Waals surface area contributed by atoms with Gasteiger partial charge in [0, 0.05) is 31.5 Å². The molecule has 22 heavy (non-hydrogen) atoms. The first kappa shape index (κ1) is 15.2. The minimum atomic E-state index is -0.514. The quantitative estimate of drug-likeness (QED) is 0.915. The SMILES string of the molecule is O=C(NC1CCOCC1)[C@@H]1CN(c2cccc(F)c2)CCO1. The molecule has 1 aromatic carbocycles. The van der Waals surface area contributed by atoms with E-state index in [9.17, 15) is 9.18 Å². The lowest BCUT2D eigenvalue weighted by Gasteiger charge is -2.34. The number of rotatable bonds is 3. The van der Waals surface area contributed by atoms with Crippen LogP contribution in [0.25, 0.3) is 0 Å². The van der Waals surface area contributed by atoms with Crippen molar-refractivity contribution in [1.29, 1.82) is 0 Å². The van der Waals surface area contributed by atoms with E-state index in [1.807, 2.05) is 11.0 Å². The third kappa shape index (κ3) is 3.75. The predicted molar refractivity (Wildman–Crippen MR) is 80.3 cm³/mol. The van der Waals surface area contributed by atoms with Gasteiger partial charge >= 0.3 is 0 Å². The number of nitrogens with one attached hydrogen (secondary N) is 1. The molecule has 2 heterocycles. The second-order valence-electron chi connectivity index (χ2n) is 5.68. The van der Waals surface area contributed by atoms with Crippen molar-refractivity contribution >= 4 is 11.6 Å². The van der Waals surface area contributed by atoms with Crippen LogP contribution in [0.15, 0.2) is 24.3 Å². The van der Waals surface area contributed by atoms with Gasteiger partial charge in [0.15, 0.2) is 6.10 Å². The highest BCUT2D eigenvalue weighted by atomic mass is 19.1. The zero-order valence-corrected chi connectivity index (χ0v) is 12.5. The van der Waals surface area contributed by atoms with Gasteiger partial charge < -0.3 is 19.7 Å². The Kier molecular flexibility index (Phi) is 4.90. The second kappa shape index (κ2) is 7.07. The fourth-order valence-electron chi connectivity index (χ4n) is 2.85. The van der Waals surface area contributed by atoms with E-state index in [0.717, 1.165) is 18.5 Å². The van der Waals surface area contributed by atoms with Crippen LogP contribution in [0, 0.1) is 5.82 Å². The summed E-state index contributed by atoms with van der Waals surface area (Å²) in [6, 6.07) is 6.59. The molecule has 0 bridgehead atoms. The summed E-state index contributed by atoms with van der Waals surface area (Å²) in [5.41, 5.74) is 0.784. The van der Waals surface area contributed by atoms with Gasteiger partial charge in [0.25, 0.3) is 5.91 Å². The van der Waals surface area contributed by atoms with Gasteiger partial charge in [-0.15, -0.1) is 0 Å². The molecule has 1 atom stereocenters. The van der Waals surface area contributed by atoms with Crippen molar-refractivity contribution in [2.75, 3.05) is 37.8 Å². The van der Waals surface area contributed by atoms with E-state index in [0.29, 0.717) is 32.9 Å². The van der Waals surface area contributed by atoms with Gasteiger partial charge in [0.2, 0.25) is 0 Å². The van der Waals surface area contributed by atoms with Gasteiger partial charge in [-0.1, -0.05) is 6.07 Å². The van der Waals surface area contributed by atoms with Gasteiger partial charge in [0.05, 0.1) is 13.2 Å². The van der Waals surface area contributed by atoms with Crippen molar-refractivity contribution in [1.82, 2.24) is 5.32 Å². The van der Waals surface area contributed by atoms with E-state index < -0.39 is 6.10 Å². The van der Waals surface area contributed by atoms with Crippen LogP contribution in [0.1, 0.15) is 12.8 Å². The molecule has 0 aliphatic carbocycles. The summed E-state index contributed by atoms with van der Waals surface area (Å²) in [6.45, 7) is 2.93. The van der Waals surface area contributed by atoms with Crippen molar-refractivity contribution in [2.45, 2.75) is 25.0 Å². The minimum Gasteiger partial charge on any atom is -0.381 e. The molecule has 0 aromatic heterocycles. The van der Waals surface area contributed by atoms with Crippen molar-refractivity contribution in [2.24, 2.45) is 0 Å². The number of anilines is 1. The average molecular weight is 308 g/mol. The van der Waals surface area contributed by atoms with Crippen LogP contribution in [0.4, 0.5) is 10.1 Å². The van der Waals surface area contributed by atoms with E-state index in [2.05, 4.69) is 5.32 Å². The van der Waals surface area contributed by atoms with Crippen LogP contribution in [0.3, 0.4) is 0 Å². The summed E-state index contributed by atoms with van der Waals surface area (Å²) in [4.78, 5) is 14.3. The second-order valence-corrected chi connectivity index (χ2v) is 5.68. The molecule has 0 radical (unpaired) electrons. The molecule has 1 aromatic rings. The van der Waals surface area contributed by atoms with E-state index >= 15 is 0 Å². The molecular weight excluding hydrogens is 287 g/mol. The largest absolute Gasteiger partial charge is 0.381 e. The third-order valence-corrected chi connectivity index (χ3v) is 4.10. The van der Waals surface area contributed by atoms with Crippen LogP contribution in [-0.2, 0) is 14.3 Å². The molecule has 1 amide bonds. The topological polar surface area (TPSA) is 50.8 Å². The van der Waals surface area contributed by atoms with Gasteiger partial charge in [-0.25, -0.2) is 4.39 Å². The Morgan fingerprint density at radius 3 is 2.86 bits per heavy atom. The Morgan fingerprint density at radius 2 is 2.09 bits per heavy atom. The number of hydrogen-bond acceptors (Lipinski definition) is 4. The van der Waals surface area contributed by atoms with Crippen LogP contribution >= 0.6 is 0 Å². The molecule has 2 fully saturated rings. The molecule has 120 valence electrons. The zero-order valence-electron chi connectivity index (χ0n) is 12.5. The molecule has 2 saturated heterocycles. The molecule has 5 nitrogen and oxygen atoms in total. The molecule has 0 unspecified atom stereocenters. The number of morpholine rings is 1. The standard InChI is InChI=1S/C16H21FN2O3/c17-12-2-1-3-14(10-12)19-6-9-22-15(11-19)16(20)18-13-4-7-21-8-5-13/h1-3,10,13,15H,4-9,11H2,(H,18,20)/t15-/m0/s1. The average Bonchev–Trinajstić information content (AvgIpc) is 2.56. The van der Waals surface area contributed by atoms with E-state index in [1.54, 1.807) is 6.07 Å². The molecule has 3 rings (SSSR count). The van der Waals surface area contributed by atoms with Gasteiger partial charge in [-0.3, -0.25) is 4.79 Å². The fourth-order valence-corrected chi connectivity index (χ4v) is 2.85. The van der Waals surface area contributed by atoms with E-state index in [4.69, 9.17) is 9.47 Å². The number of carbonyl (C=O) groups excluding carboxylic acids is 1.